The molecular weight excluding hydrogens is 432 g/mol. The third kappa shape index (κ3) is 5.88. The highest BCUT2D eigenvalue weighted by atomic mass is 16.6. The van der Waals surface area contributed by atoms with Gasteiger partial charge in [-0.3, -0.25) is 19.7 Å². The molecule has 2 aromatic carbocycles. The van der Waals surface area contributed by atoms with Crippen LogP contribution in [-0.2, 0) is 4.79 Å². The van der Waals surface area contributed by atoms with Crippen LogP contribution in [0.1, 0.15) is 39.8 Å². The fraction of sp³-hybridized carbons (Fsp3) is 0.0909. The quantitative estimate of drug-likeness (QED) is 0.175. The molecule has 0 bridgehead atoms. The smallest absolute Gasteiger partial charge is 0.379 e. The van der Waals surface area contributed by atoms with Crippen molar-refractivity contribution in [1.29, 1.82) is 0 Å². The van der Waals surface area contributed by atoms with Gasteiger partial charge in [-0.15, -0.1) is 0 Å². The zero-order valence-electron chi connectivity index (χ0n) is 17.3. The summed E-state index contributed by atoms with van der Waals surface area (Å²) in [4.78, 5) is 46.6. The number of furan rings is 1. The highest BCUT2D eigenvalue weighted by molar-refractivity contribution is 5.97. The van der Waals surface area contributed by atoms with Gasteiger partial charge >= 0.3 is 11.7 Å². The third-order valence-corrected chi connectivity index (χ3v) is 4.26. The number of hydrogen-bond donors (Lipinski definition) is 2. The van der Waals surface area contributed by atoms with Crippen molar-refractivity contribution in [2.75, 3.05) is 5.32 Å². The van der Waals surface area contributed by atoms with Crippen molar-refractivity contribution in [1.82, 2.24) is 5.43 Å². The van der Waals surface area contributed by atoms with Crippen LogP contribution < -0.4 is 15.5 Å². The van der Waals surface area contributed by atoms with E-state index in [9.17, 15) is 24.5 Å². The zero-order chi connectivity index (χ0) is 23.8. The molecule has 0 saturated carbocycles. The Balaban J connectivity index is 1.74. The Morgan fingerprint density at radius 1 is 1.12 bits per heavy atom. The fourth-order valence-electron chi connectivity index (χ4n) is 2.62. The lowest BCUT2D eigenvalue weighted by Gasteiger charge is -2.07. The van der Waals surface area contributed by atoms with E-state index in [0.29, 0.717) is 12.1 Å². The molecule has 0 unspecified atom stereocenters. The van der Waals surface area contributed by atoms with Crippen LogP contribution in [0.2, 0.25) is 0 Å². The summed E-state index contributed by atoms with van der Waals surface area (Å²) in [5, 5.41) is 17.8. The van der Waals surface area contributed by atoms with E-state index in [4.69, 9.17) is 9.15 Å². The number of ether oxygens (including phenoxy) is 1. The molecule has 33 heavy (non-hydrogen) atoms. The molecule has 0 aliphatic heterocycles. The first-order valence-corrected chi connectivity index (χ1v) is 9.65. The average molecular weight is 450 g/mol. The van der Waals surface area contributed by atoms with Crippen LogP contribution in [0.25, 0.3) is 0 Å². The molecule has 0 atom stereocenters. The maximum absolute atomic E-state index is 12.3. The van der Waals surface area contributed by atoms with E-state index in [2.05, 4.69) is 15.8 Å². The van der Waals surface area contributed by atoms with Gasteiger partial charge in [-0.1, -0.05) is 13.0 Å². The summed E-state index contributed by atoms with van der Waals surface area (Å²) in [5.41, 5.74) is 2.72. The lowest BCUT2D eigenvalue weighted by molar-refractivity contribution is -0.385. The first-order chi connectivity index (χ1) is 15.9. The van der Waals surface area contributed by atoms with Crippen LogP contribution in [-0.4, -0.2) is 28.9 Å². The highest BCUT2D eigenvalue weighted by Gasteiger charge is 2.23. The van der Waals surface area contributed by atoms with Crippen molar-refractivity contribution >= 4 is 35.4 Å². The molecule has 11 heteroatoms. The minimum absolute atomic E-state index is 0.0852. The second-order valence-corrected chi connectivity index (χ2v) is 6.50. The van der Waals surface area contributed by atoms with Crippen molar-refractivity contribution in [2.24, 2.45) is 5.10 Å². The Morgan fingerprint density at radius 3 is 2.52 bits per heavy atom. The van der Waals surface area contributed by atoms with Gasteiger partial charge in [-0.05, 0) is 42.5 Å². The first kappa shape index (κ1) is 22.9. The Morgan fingerprint density at radius 2 is 1.88 bits per heavy atom. The molecular formula is C22H18N4O7. The summed E-state index contributed by atoms with van der Waals surface area (Å²) in [7, 11) is 0. The molecule has 3 rings (SSSR count). The largest absolute Gasteiger partial charge is 0.457 e. The molecule has 3 aromatic rings. The predicted molar refractivity (Wildman–Crippen MR) is 117 cm³/mol. The van der Waals surface area contributed by atoms with Gasteiger partial charge in [0.25, 0.3) is 5.91 Å². The molecule has 2 amide bonds. The second-order valence-electron chi connectivity index (χ2n) is 6.50. The van der Waals surface area contributed by atoms with Gasteiger partial charge in [0.1, 0.15) is 0 Å². The number of para-hydroxylation sites is 1. The molecule has 0 aliphatic carbocycles. The third-order valence-electron chi connectivity index (χ3n) is 4.26. The van der Waals surface area contributed by atoms with Crippen LogP contribution in [0.5, 0.6) is 5.75 Å². The van der Waals surface area contributed by atoms with Gasteiger partial charge < -0.3 is 14.5 Å². The maximum Gasteiger partial charge on any atom is 0.379 e. The van der Waals surface area contributed by atoms with Crippen molar-refractivity contribution in [3.63, 3.8) is 0 Å². The number of nitrogens with zero attached hydrogens (tertiary/aromatic N) is 2. The summed E-state index contributed by atoms with van der Waals surface area (Å²) in [6.07, 6.45) is 2.71. The minimum atomic E-state index is -0.928. The van der Waals surface area contributed by atoms with Crippen molar-refractivity contribution in [3.8, 4) is 5.75 Å². The number of amides is 2. The number of benzene rings is 2. The van der Waals surface area contributed by atoms with E-state index in [-0.39, 0.29) is 28.5 Å². The number of carbonyl (C=O) groups excluding carboxylic acids is 3. The lowest BCUT2D eigenvalue weighted by atomic mass is 10.2. The van der Waals surface area contributed by atoms with Gasteiger partial charge in [-0.25, -0.2) is 10.2 Å². The van der Waals surface area contributed by atoms with E-state index in [1.807, 2.05) is 0 Å². The number of nitro groups is 1. The van der Waals surface area contributed by atoms with Crippen molar-refractivity contribution in [2.45, 2.75) is 13.3 Å². The van der Waals surface area contributed by atoms with E-state index < -0.39 is 22.5 Å². The standard InChI is InChI=1S/C22H18N4O7/c1-2-19(27)24-16-10-8-14(9-11-16)21(28)25-23-13-15-5-3-6-17(26(30)31)20(15)33-22(29)18-7-4-12-32-18/h3-13H,2H2,1H3,(H,24,27)(H,25,28)/b23-13+. The molecule has 0 radical (unpaired) electrons. The van der Waals surface area contributed by atoms with E-state index in [1.54, 1.807) is 19.1 Å². The van der Waals surface area contributed by atoms with E-state index in [1.165, 1.54) is 48.7 Å². The number of rotatable bonds is 8. The van der Waals surface area contributed by atoms with Gasteiger partial charge in [0.05, 0.1) is 17.4 Å². The van der Waals surface area contributed by atoms with Crippen LogP contribution in [0.15, 0.2) is 70.4 Å². The number of hydrogen-bond acceptors (Lipinski definition) is 8. The van der Waals surface area contributed by atoms with Crippen LogP contribution >= 0.6 is 0 Å². The lowest BCUT2D eigenvalue weighted by Crippen LogP contribution is -2.18. The van der Waals surface area contributed by atoms with Gasteiger partial charge in [0.2, 0.25) is 17.4 Å². The number of anilines is 1. The van der Waals surface area contributed by atoms with Gasteiger partial charge in [-0.2, -0.15) is 5.10 Å². The number of nitrogens with one attached hydrogen (secondary N) is 2. The zero-order valence-corrected chi connectivity index (χ0v) is 17.3. The molecule has 0 fully saturated rings. The SMILES string of the molecule is CCC(=O)Nc1ccc(C(=O)N/N=C/c2cccc([N+](=O)[O-])c2OC(=O)c2ccco2)cc1. The summed E-state index contributed by atoms with van der Waals surface area (Å²) in [6.45, 7) is 1.72. The molecule has 11 nitrogen and oxygen atoms in total. The molecule has 2 N–H and O–H groups in total. The average Bonchev–Trinajstić information content (AvgIpc) is 3.35. The fourth-order valence-corrected chi connectivity index (χ4v) is 2.62. The molecule has 1 heterocycles. The maximum atomic E-state index is 12.3. The monoisotopic (exact) mass is 450 g/mol. The highest BCUT2D eigenvalue weighted by Crippen LogP contribution is 2.30. The topological polar surface area (TPSA) is 153 Å². The minimum Gasteiger partial charge on any atom is -0.457 e. The Hall–Kier alpha value is -4.80. The Kier molecular flexibility index (Phi) is 7.27. The summed E-state index contributed by atoms with van der Waals surface area (Å²) in [5.74, 6) is -2.12. The number of carbonyl (C=O) groups is 3. The second kappa shape index (κ2) is 10.5. The van der Waals surface area contributed by atoms with Crippen molar-refractivity contribution in [3.05, 3.63) is 87.9 Å². The Bertz CT molecular complexity index is 1200. The summed E-state index contributed by atoms with van der Waals surface area (Å²) >= 11 is 0. The van der Waals surface area contributed by atoms with E-state index >= 15 is 0 Å². The number of esters is 1. The molecule has 1 aromatic heterocycles. The van der Waals surface area contributed by atoms with Gasteiger partial charge in [0.15, 0.2) is 0 Å². The molecule has 0 spiro atoms. The molecule has 0 saturated heterocycles. The van der Waals surface area contributed by atoms with Crippen molar-refractivity contribution < 1.29 is 28.5 Å². The molecule has 0 aliphatic rings. The Labute approximate surface area is 187 Å². The summed E-state index contributed by atoms with van der Waals surface area (Å²) < 4.78 is 10.1. The summed E-state index contributed by atoms with van der Waals surface area (Å²) in [6, 6.07) is 12.9. The van der Waals surface area contributed by atoms with Gasteiger partial charge in [0, 0.05) is 29.3 Å². The van der Waals surface area contributed by atoms with Crippen LogP contribution in [0.3, 0.4) is 0 Å². The van der Waals surface area contributed by atoms with Crippen LogP contribution in [0, 0.1) is 10.1 Å². The number of nitro benzene ring substituents is 1. The number of hydrazone groups is 1. The van der Waals surface area contributed by atoms with E-state index in [0.717, 1.165) is 6.21 Å². The first-order valence-electron chi connectivity index (χ1n) is 9.65. The van der Waals surface area contributed by atoms with Crippen LogP contribution in [0.4, 0.5) is 11.4 Å². The predicted octanol–water partition coefficient (Wildman–Crippen LogP) is 3.52. The molecule has 168 valence electrons. The normalized spacial score (nSPS) is 10.6.